The minimum atomic E-state index is -3.76. The van der Waals surface area contributed by atoms with E-state index in [0.717, 1.165) is 16.9 Å². The zero-order chi connectivity index (χ0) is 21.5. The SMILES string of the molecule is Cc1nc(S(=O)(=O)NC2Cc3cc(C#N)ccc3N(Cc3cncn3C)C2)cn1C. The lowest BCUT2D eigenvalue weighted by molar-refractivity contribution is 0.520. The molecule has 2 aromatic heterocycles. The topological polar surface area (TPSA) is 109 Å². The Labute approximate surface area is 175 Å². The number of fused-ring (bicyclic) bond motifs is 1. The number of imidazole rings is 2. The number of benzene rings is 1. The van der Waals surface area contributed by atoms with Gasteiger partial charge in [0.15, 0.2) is 5.03 Å². The van der Waals surface area contributed by atoms with Crippen molar-refractivity contribution in [1.29, 1.82) is 5.26 Å². The molecule has 1 N–H and O–H groups in total. The number of nitriles is 1. The van der Waals surface area contributed by atoms with E-state index < -0.39 is 10.0 Å². The number of aryl methyl sites for hydroxylation is 3. The van der Waals surface area contributed by atoms with E-state index in [2.05, 4.69) is 25.7 Å². The van der Waals surface area contributed by atoms with E-state index in [1.807, 2.05) is 23.7 Å². The Bertz CT molecular complexity index is 1220. The summed E-state index contributed by atoms with van der Waals surface area (Å²) in [4.78, 5) is 10.4. The molecule has 9 nitrogen and oxygen atoms in total. The second kappa shape index (κ2) is 7.59. The van der Waals surface area contributed by atoms with E-state index in [1.165, 1.54) is 6.20 Å². The molecular formula is C20H23N7O2S. The molecule has 0 fully saturated rings. The Hall–Kier alpha value is -3.16. The third-order valence-corrected chi connectivity index (χ3v) is 6.80. The van der Waals surface area contributed by atoms with E-state index in [-0.39, 0.29) is 11.1 Å². The summed E-state index contributed by atoms with van der Waals surface area (Å²) in [6, 6.07) is 7.35. The van der Waals surface area contributed by atoms with Gasteiger partial charge in [-0.1, -0.05) is 0 Å². The molecule has 0 radical (unpaired) electrons. The molecule has 0 amide bonds. The zero-order valence-corrected chi connectivity index (χ0v) is 17.9. The fraction of sp³-hybridized carbons (Fsp3) is 0.350. The maximum absolute atomic E-state index is 12.9. The molecule has 1 aliphatic rings. The first kappa shape index (κ1) is 20.1. The Morgan fingerprint density at radius 1 is 1.30 bits per heavy atom. The highest BCUT2D eigenvalue weighted by molar-refractivity contribution is 7.89. The van der Waals surface area contributed by atoms with Crippen LogP contribution in [0.15, 0.2) is 41.9 Å². The van der Waals surface area contributed by atoms with Gasteiger partial charge in [0.2, 0.25) is 0 Å². The van der Waals surface area contributed by atoms with Crippen molar-refractivity contribution < 1.29 is 8.42 Å². The number of hydrogen-bond acceptors (Lipinski definition) is 6. The Kier molecular flexibility index (Phi) is 5.09. The number of sulfonamides is 1. The molecule has 0 saturated heterocycles. The highest BCUT2D eigenvalue weighted by Gasteiger charge is 2.30. The van der Waals surface area contributed by atoms with Gasteiger partial charge in [-0.3, -0.25) is 0 Å². The van der Waals surface area contributed by atoms with Gasteiger partial charge in [0, 0.05) is 44.8 Å². The van der Waals surface area contributed by atoms with Gasteiger partial charge in [-0.15, -0.1) is 0 Å². The van der Waals surface area contributed by atoms with Crippen molar-refractivity contribution in [2.45, 2.75) is 31.0 Å². The standard InChI is InChI=1S/C20H23N7O2S/c1-14-23-20(12-25(14)2)30(28,29)24-17-7-16-6-15(8-21)4-5-19(16)27(10-17)11-18-9-22-13-26(18)3/h4-6,9,12-13,17,24H,7,10-11H2,1-3H3. The number of rotatable bonds is 5. The second-order valence-corrected chi connectivity index (χ2v) is 9.25. The van der Waals surface area contributed by atoms with Gasteiger partial charge in [0.1, 0.15) is 5.82 Å². The van der Waals surface area contributed by atoms with Crippen molar-refractivity contribution in [3.63, 3.8) is 0 Å². The first-order valence-corrected chi connectivity index (χ1v) is 11.0. The smallest absolute Gasteiger partial charge is 0.259 e. The molecule has 3 aromatic rings. The summed E-state index contributed by atoms with van der Waals surface area (Å²) in [7, 11) is -0.0773. The molecule has 0 spiro atoms. The summed E-state index contributed by atoms with van der Waals surface area (Å²) in [5.74, 6) is 0.626. The molecule has 156 valence electrons. The van der Waals surface area contributed by atoms with Crippen LogP contribution in [0.1, 0.15) is 22.6 Å². The van der Waals surface area contributed by atoms with E-state index in [0.29, 0.717) is 30.9 Å². The van der Waals surface area contributed by atoms with Gasteiger partial charge in [-0.25, -0.2) is 23.1 Å². The predicted molar refractivity (Wildman–Crippen MR) is 111 cm³/mol. The Balaban J connectivity index is 1.65. The Morgan fingerprint density at radius 2 is 2.10 bits per heavy atom. The summed E-state index contributed by atoms with van der Waals surface area (Å²) in [5, 5.41) is 9.29. The second-order valence-electron chi connectivity index (χ2n) is 7.59. The highest BCUT2D eigenvalue weighted by Crippen LogP contribution is 2.30. The van der Waals surface area contributed by atoms with E-state index in [4.69, 9.17) is 0 Å². The maximum Gasteiger partial charge on any atom is 0.259 e. The van der Waals surface area contributed by atoms with Crippen LogP contribution in [-0.4, -0.2) is 40.1 Å². The molecule has 4 rings (SSSR count). The normalized spacial score (nSPS) is 16.3. The van der Waals surface area contributed by atoms with Crippen LogP contribution in [0, 0.1) is 18.3 Å². The van der Waals surface area contributed by atoms with Crippen LogP contribution in [0.4, 0.5) is 5.69 Å². The third kappa shape index (κ3) is 3.81. The van der Waals surface area contributed by atoms with Crippen LogP contribution in [0.2, 0.25) is 0 Å². The van der Waals surface area contributed by atoms with E-state index >= 15 is 0 Å². The molecule has 0 saturated carbocycles. The largest absolute Gasteiger partial charge is 0.364 e. The summed E-state index contributed by atoms with van der Waals surface area (Å²) in [6.45, 7) is 2.83. The van der Waals surface area contributed by atoms with Crippen molar-refractivity contribution in [1.82, 2.24) is 23.8 Å². The fourth-order valence-corrected chi connectivity index (χ4v) is 4.98. The average Bonchev–Trinajstić information content (AvgIpc) is 3.26. The van der Waals surface area contributed by atoms with Crippen molar-refractivity contribution >= 4 is 15.7 Å². The van der Waals surface area contributed by atoms with Gasteiger partial charge < -0.3 is 14.0 Å². The lowest BCUT2D eigenvalue weighted by Gasteiger charge is -2.36. The molecule has 10 heteroatoms. The molecular weight excluding hydrogens is 402 g/mol. The predicted octanol–water partition coefficient (Wildman–Crippen LogP) is 1.24. The molecule has 3 heterocycles. The van der Waals surface area contributed by atoms with Crippen molar-refractivity contribution in [2.24, 2.45) is 14.1 Å². The quantitative estimate of drug-likeness (QED) is 0.659. The molecule has 1 unspecified atom stereocenters. The highest BCUT2D eigenvalue weighted by atomic mass is 32.2. The van der Waals surface area contributed by atoms with Crippen LogP contribution < -0.4 is 9.62 Å². The number of nitrogens with zero attached hydrogens (tertiary/aromatic N) is 6. The number of anilines is 1. The monoisotopic (exact) mass is 425 g/mol. The summed E-state index contributed by atoms with van der Waals surface area (Å²) in [5.41, 5.74) is 3.50. The lowest BCUT2D eigenvalue weighted by atomic mass is 9.96. The van der Waals surface area contributed by atoms with Crippen LogP contribution >= 0.6 is 0 Å². The molecule has 1 aromatic carbocycles. The van der Waals surface area contributed by atoms with Gasteiger partial charge in [-0.2, -0.15) is 5.26 Å². The third-order valence-electron chi connectivity index (χ3n) is 5.41. The van der Waals surface area contributed by atoms with E-state index in [1.54, 1.807) is 37.1 Å². The first-order chi connectivity index (χ1) is 14.3. The van der Waals surface area contributed by atoms with Crippen LogP contribution in [0.25, 0.3) is 0 Å². The fourth-order valence-electron chi connectivity index (χ4n) is 3.72. The molecule has 1 atom stereocenters. The van der Waals surface area contributed by atoms with Crippen LogP contribution in [-0.2, 0) is 37.1 Å². The number of hydrogen-bond donors (Lipinski definition) is 1. The van der Waals surface area contributed by atoms with Gasteiger partial charge in [-0.05, 0) is 37.1 Å². The van der Waals surface area contributed by atoms with Crippen molar-refractivity contribution in [3.8, 4) is 6.07 Å². The molecule has 0 bridgehead atoms. The summed E-state index contributed by atoms with van der Waals surface area (Å²) < 4.78 is 32.2. The average molecular weight is 426 g/mol. The van der Waals surface area contributed by atoms with Gasteiger partial charge >= 0.3 is 0 Å². The maximum atomic E-state index is 12.9. The Morgan fingerprint density at radius 3 is 2.73 bits per heavy atom. The number of aromatic nitrogens is 4. The lowest BCUT2D eigenvalue weighted by Crippen LogP contribution is -2.48. The van der Waals surface area contributed by atoms with Gasteiger partial charge in [0.05, 0.1) is 30.2 Å². The summed E-state index contributed by atoms with van der Waals surface area (Å²) >= 11 is 0. The summed E-state index contributed by atoms with van der Waals surface area (Å²) in [6.07, 6.45) is 5.55. The minimum Gasteiger partial charge on any atom is -0.364 e. The van der Waals surface area contributed by atoms with Crippen molar-refractivity contribution in [2.75, 3.05) is 11.4 Å². The molecule has 1 aliphatic heterocycles. The van der Waals surface area contributed by atoms with Gasteiger partial charge in [0.25, 0.3) is 10.0 Å². The molecule has 0 aliphatic carbocycles. The van der Waals surface area contributed by atoms with E-state index in [9.17, 15) is 13.7 Å². The van der Waals surface area contributed by atoms with Crippen LogP contribution in [0.3, 0.4) is 0 Å². The van der Waals surface area contributed by atoms with Crippen molar-refractivity contribution in [3.05, 3.63) is 59.6 Å². The first-order valence-electron chi connectivity index (χ1n) is 9.52. The number of nitrogens with one attached hydrogen (secondary N) is 1. The van der Waals surface area contributed by atoms with Crippen LogP contribution in [0.5, 0.6) is 0 Å². The molecule has 30 heavy (non-hydrogen) atoms. The minimum absolute atomic E-state index is 0.0113. The zero-order valence-electron chi connectivity index (χ0n) is 17.1.